The highest BCUT2D eigenvalue weighted by molar-refractivity contribution is 9.10. The van der Waals surface area contributed by atoms with Crippen LogP contribution in [0.3, 0.4) is 0 Å². The predicted molar refractivity (Wildman–Crippen MR) is 77.1 cm³/mol. The largest absolute Gasteiger partial charge is 0.419 e. The van der Waals surface area contributed by atoms with E-state index < -0.39 is 23.5 Å². The number of hydrogen-bond donors (Lipinski definition) is 1. The molecule has 2 rings (SSSR count). The zero-order valence-electron chi connectivity index (χ0n) is 11.0. The molecule has 21 heavy (non-hydrogen) atoms. The smallest absolute Gasteiger partial charge is 0.350 e. The number of benzene rings is 1. The third kappa shape index (κ3) is 3.36. The third-order valence-corrected chi connectivity index (χ3v) is 3.92. The fourth-order valence-corrected chi connectivity index (χ4v) is 2.12. The number of halogens is 3. The second-order valence-corrected chi connectivity index (χ2v) is 5.78. The molecule has 0 aromatic heterocycles. The average Bonchev–Trinajstić information content (AvgIpc) is 2.36. The fourth-order valence-electron chi connectivity index (χ4n) is 1.57. The zero-order chi connectivity index (χ0) is 15.8. The summed E-state index contributed by atoms with van der Waals surface area (Å²) in [4.78, 5) is 23.4. The minimum absolute atomic E-state index is 0.0718. The third-order valence-electron chi connectivity index (χ3n) is 2.52. The van der Waals surface area contributed by atoms with Gasteiger partial charge in [-0.15, -0.1) is 0 Å². The van der Waals surface area contributed by atoms with Gasteiger partial charge in [0.2, 0.25) is 0 Å². The van der Waals surface area contributed by atoms with E-state index in [0.29, 0.717) is 5.69 Å². The number of carbonyl (C=O) groups is 2. The number of hydrogen-bond acceptors (Lipinski definition) is 5. The van der Waals surface area contributed by atoms with Crippen LogP contribution in [0.15, 0.2) is 28.4 Å². The Morgan fingerprint density at radius 1 is 1.29 bits per heavy atom. The monoisotopic (exact) mass is 377 g/mol. The molecule has 5 nitrogen and oxygen atoms in total. The Morgan fingerprint density at radius 3 is 2.43 bits per heavy atom. The molecule has 0 bridgehead atoms. The van der Waals surface area contributed by atoms with Crippen molar-refractivity contribution in [2.75, 3.05) is 5.32 Å². The Kier molecular flexibility index (Phi) is 4.25. The van der Waals surface area contributed by atoms with Crippen LogP contribution in [0.4, 0.5) is 10.1 Å². The molecule has 1 aliphatic heterocycles. The van der Waals surface area contributed by atoms with Crippen LogP contribution in [0.2, 0.25) is 5.02 Å². The summed E-state index contributed by atoms with van der Waals surface area (Å²) in [6.45, 7) is 2.89. The number of carbonyl (C=O) groups excluding carboxylic acids is 2. The molecular weight excluding hydrogens is 369 g/mol. The van der Waals surface area contributed by atoms with Gasteiger partial charge in [-0.3, -0.25) is 0 Å². The van der Waals surface area contributed by atoms with Crippen molar-refractivity contribution in [3.05, 3.63) is 39.2 Å². The quantitative estimate of drug-likeness (QED) is 0.370. The maximum atomic E-state index is 13.2. The number of esters is 2. The average molecular weight is 379 g/mol. The Morgan fingerprint density at radius 2 is 1.86 bits per heavy atom. The van der Waals surface area contributed by atoms with Crippen LogP contribution in [0.25, 0.3) is 0 Å². The van der Waals surface area contributed by atoms with Crippen LogP contribution in [-0.2, 0) is 19.1 Å². The van der Waals surface area contributed by atoms with Crippen molar-refractivity contribution in [3.63, 3.8) is 0 Å². The molecule has 1 fully saturated rings. The van der Waals surface area contributed by atoms with Crippen LogP contribution < -0.4 is 5.32 Å². The number of anilines is 1. The molecule has 8 heteroatoms. The lowest BCUT2D eigenvalue weighted by atomic mass is 10.2. The summed E-state index contributed by atoms with van der Waals surface area (Å²) in [5.74, 6) is -3.47. The highest BCUT2D eigenvalue weighted by atomic mass is 79.9. The highest BCUT2D eigenvalue weighted by Crippen LogP contribution is 2.32. The number of nitrogens with one attached hydrogen (secondary N) is 1. The molecule has 0 saturated carbocycles. The second-order valence-electron chi connectivity index (χ2n) is 4.60. The van der Waals surface area contributed by atoms with Gasteiger partial charge in [-0.1, -0.05) is 11.6 Å². The molecule has 0 atom stereocenters. The van der Waals surface area contributed by atoms with E-state index in [9.17, 15) is 14.0 Å². The molecule has 0 aliphatic carbocycles. The van der Waals surface area contributed by atoms with Crippen LogP contribution in [0, 0.1) is 5.82 Å². The van der Waals surface area contributed by atoms with E-state index >= 15 is 0 Å². The molecule has 0 spiro atoms. The predicted octanol–water partition coefficient (Wildman–Crippen LogP) is 3.37. The lowest BCUT2D eigenvalue weighted by molar-refractivity contribution is -0.222. The first kappa shape index (κ1) is 15.8. The van der Waals surface area contributed by atoms with Gasteiger partial charge in [0, 0.05) is 20.0 Å². The van der Waals surface area contributed by atoms with E-state index in [2.05, 4.69) is 21.2 Å². The molecule has 0 amide bonds. The highest BCUT2D eigenvalue weighted by Gasteiger charge is 2.38. The van der Waals surface area contributed by atoms with Crippen LogP contribution in [-0.4, -0.2) is 17.7 Å². The zero-order valence-corrected chi connectivity index (χ0v) is 13.3. The van der Waals surface area contributed by atoms with Crippen molar-refractivity contribution in [2.45, 2.75) is 19.6 Å². The Balaban J connectivity index is 2.24. The summed E-state index contributed by atoms with van der Waals surface area (Å²) in [5, 5.41) is 2.72. The molecule has 1 heterocycles. The van der Waals surface area contributed by atoms with Crippen LogP contribution in [0.1, 0.15) is 13.8 Å². The lowest BCUT2D eigenvalue weighted by Crippen LogP contribution is -2.42. The summed E-state index contributed by atoms with van der Waals surface area (Å²) in [6, 6.07) is 2.54. The van der Waals surface area contributed by atoms with E-state index in [0.717, 1.165) is 6.20 Å². The molecule has 1 aliphatic rings. The summed E-state index contributed by atoms with van der Waals surface area (Å²) in [7, 11) is 0. The first-order valence-electron chi connectivity index (χ1n) is 5.78. The first-order valence-corrected chi connectivity index (χ1v) is 6.95. The van der Waals surface area contributed by atoms with Gasteiger partial charge in [-0.05, 0) is 28.1 Å². The van der Waals surface area contributed by atoms with Crippen LogP contribution >= 0.6 is 27.5 Å². The Hall–Kier alpha value is -1.60. The van der Waals surface area contributed by atoms with Gasteiger partial charge in [-0.25, -0.2) is 14.0 Å². The molecule has 0 radical (unpaired) electrons. The summed E-state index contributed by atoms with van der Waals surface area (Å²) < 4.78 is 23.2. The molecule has 1 aromatic rings. The first-order chi connectivity index (χ1) is 9.71. The minimum atomic E-state index is -1.30. The molecule has 1 aromatic carbocycles. The SMILES string of the molecule is CC1(C)OC(=O)C(=CNc2ccc(F)c(Br)c2Cl)C(=O)O1. The van der Waals surface area contributed by atoms with Crippen molar-refractivity contribution in [2.24, 2.45) is 0 Å². The second kappa shape index (κ2) is 5.65. The topological polar surface area (TPSA) is 64.6 Å². The van der Waals surface area contributed by atoms with Crippen molar-refractivity contribution in [1.82, 2.24) is 0 Å². The summed E-state index contributed by atoms with van der Waals surface area (Å²) in [5.41, 5.74) is -0.00582. The molecular formula is C13H10BrClFNO4. The van der Waals surface area contributed by atoms with E-state index in [1.54, 1.807) is 0 Å². The van der Waals surface area contributed by atoms with Gasteiger partial charge in [0.05, 0.1) is 15.2 Å². The fraction of sp³-hybridized carbons (Fsp3) is 0.231. The van der Waals surface area contributed by atoms with E-state index in [-0.39, 0.29) is 15.1 Å². The minimum Gasteiger partial charge on any atom is -0.419 e. The maximum absolute atomic E-state index is 13.2. The standard InChI is InChI=1S/C13H10BrClFNO4/c1-13(2)20-11(18)6(12(19)21-13)5-17-8-4-3-7(16)9(14)10(8)15/h3-5,17H,1-2H3. The Labute approximate surface area is 133 Å². The number of ether oxygens (including phenoxy) is 2. The van der Waals surface area contributed by atoms with Crippen molar-refractivity contribution < 1.29 is 23.5 Å². The van der Waals surface area contributed by atoms with Crippen molar-refractivity contribution in [3.8, 4) is 0 Å². The normalized spacial score (nSPS) is 17.1. The van der Waals surface area contributed by atoms with E-state index in [1.165, 1.54) is 26.0 Å². The molecule has 1 N–H and O–H groups in total. The van der Waals surface area contributed by atoms with Crippen molar-refractivity contribution in [1.29, 1.82) is 0 Å². The summed E-state index contributed by atoms with van der Waals surface area (Å²) in [6.07, 6.45) is 1.10. The van der Waals surface area contributed by atoms with Gasteiger partial charge >= 0.3 is 11.9 Å². The maximum Gasteiger partial charge on any atom is 0.350 e. The molecule has 0 unspecified atom stereocenters. The number of rotatable bonds is 2. The molecule has 112 valence electrons. The van der Waals surface area contributed by atoms with E-state index in [4.69, 9.17) is 21.1 Å². The molecule has 1 saturated heterocycles. The van der Waals surface area contributed by atoms with Gasteiger partial charge in [0.15, 0.2) is 5.57 Å². The van der Waals surface area contributed by atoms with Gasteiger partial charge in [-0.2, -0.15) is 0 Å². The summed E-state index contributed by atoms with van der Waals surface area (Å²) >= 11 is 8.91. The van der Waals surface area contributed by atoms with Gasteiger partial charge < -0.3 is 14.8 Å². The van der Waals surface area contributed by atoms with Gasteiger partial charge in [0.1, 0.15) is 5.82 Å². The van der Waals surface area contributed by atoms with Gasteiger partial charge in [0.25, 0.3) is 5.79 Å². The van der Waals surface area contributed by atoms with Crippen molar-refractivity contribution >= 4 is 45.2 Å². The van der Waals surface area contributed by atoms with Crippen LogP contribution in [0.5, 0.6) is 0 Å². The van der Waals surface area contributed by atoms with E-state index in [1.807, 2.05) is 0 Å². The lowest BCUT2D eigenvalue weighted by Gasteiger charge is -2.29. The number of cyclic esters (lactones) is 2. The Bertz CT molecular complexity index is 638.